The standard InChI is InChI=1S/C11H11FO4/c12-8-3-1-2-7(6-8)9-10(11(13)14)16-5-4-15-9/h1-3,6,9-10H,4-5H2,(H,13,14)/t9-,10-/m0/s1. The normalized spacial score (nSPS) is 25.3. The summed E-state index contributed by atoms with van der Waals surface area (Å²) in [6.07, 6.45) is -1.82. The van der Waals surface area contributed by atoms with Crippen molar-refractivity contribution in [2.45, 2.75) is 12.2 Å². The highest BCUT2D eigenvalue weighted by Crippen LogP contribution is 2.27. The van der Waals surface area contributed by atoms with Crippen LogP contribution in [0.1, 0.15) is 11.7 Å². The molecule has 1 N–H and O–H groups in total. The topological polar surface area (TPSA) is 55.8 Å². The Balaban J connectivity index is 2.26. The van der Waals surface area contributed by atoms with Gasteiger partial charge in [-0.25, -0.2) is 9.18 Å². The van der Waals surface area contributed by atoms with Gasteiger partial charge in [-0.1, -0.05) is 12.1 Å². The highest BCUT2D eigenvalue weighted by Gasteiger charge is 2.34. The molecule has 1 aliphatic heterocycles. The minimum atomic E-state index is -1.10. The number of halogens is 1. The fourth-order valence-corrected chi connectivity index (χ4v) is 1.68. The van der Waals surface area contributed by atoms with Gasteiger partial charge >= 0.3 is 5.97 Å². The lowest BCUT2D eigenvalue weighted by Crippen LogP contribution is -2.38. The van der Waals surface area contributed by atoms with Gasteiger partial charge < -0.3 is 14.6 Å². The highest BCUT2D eigenvalue weighted by atomic mass is 19.1. The van der Waals surface area contributed by atoms with E-state index in [1.807, 2.05) is 0 Å². The Morgan fingerprint density at radius 3 is 2.81 bits per heavy atom. The number of ether oxygens (including phenoxy) is 2. The van der Waals surface area contributed by atoms with Crippen LogP contribution in [0.3, 0.4) is 0 Å². The predicted octanol–water partition coefficient (Wildman–Crippen LogP) is 1.37. The maximum absolute atomic E-state index is 13.0. The molecule has 1 heterocycles. The molecule has 16 heavy (non-hydrogen) atoms. The molecular weight excluding hydrogens is 215 g/mol. The van der Waals surface area contributed by atoms with Crippen molar-refractivity contribution < 1.29 is 23.8 Å². The number of carboxylic acids is 1. The van der Waals surface area contributed by atoms with Crippen molar-refractivity contribution in [3.05, 3.63) is 35.6 Å². The van der Waals surface area contributed by atoms with Crippen molar-refractivity contribution in [3.63, 3.8) is 0 Å². The largest absolute Gasteiger partial charge is 0.479 e. The number of carbonyl (C=O) groups is 1. The van der Waals surface area contributed by atoms with Crippen molar-refractivity contribution in [3.8, 4) is 0 Å². The van der Waals surface area contributed by atoms with Crippen molar-refractivity contribution in [1.29, 1.82) is 0 Å². The molecule has 2 atom stereocenters. The smallest absolute Gasteiger partial charge is 0.335 e. The number of hydrogen-bond acceptors (Lipinski definition) is 3. The second kappa shape index (κ2) is 4.59. The zero-order valence-corrected chi connectivity index (χ0v) is 8.43. The first-order chi connectivity index (χ1) is 7.68. The van der Waals surface area contributed by atoms with E-state index >= 15 is 0 Å². The Bertz CT molecular complexity index is 393. The molecule has 1 saturated heterocycles. The molecule has 0 spiro atoms. The summed E-state index contributed by atoms with van der Waals surface area (Å²) in [7, 11) is 0. The minimum absolute atomic E-state index is 0.239. The van der Waals surface area contributed by atoms with Gasteiger partial charge in [-0.2, -0.15) is 0 Å². The lowest BCUT2D eigenvalue weighted by Gasteiger charge is -2.29. The third-order valence-electron chi connectivity index (χ3n) is 2.37. The molecule has 1 aromatic rings. The van der Waals surface area contributed by atoms with Crippen LogP contribution in [0.2, 0.25) is 0 Å². The second-order valence-electron chi connectivity index (χ2n) is 3.48. The third-order valence-corrected chi connectivity index (χ3v) is 2.37. The average Bonchev–Trinajstić information content (AvgIpc) is 2.29. The molecule has 5 heteroatoms. The molecule has 1 aromatic carbocycles. The molecule has 1 aliphatic rings. The fraction of sp³-hybridized carbons (Fsp3) is 0.364. The van der Waals surface area contributed by atoms with E-state index in [1.165, 1.54) is 18.2 Å². The first-order valence-electron chi connectivity index (χ1n) is 4.90. The van der Waals surface area contributed by atoms with E-state index in [9.17, 15) is 9.18 Å². The molecule has 0 unspecified atom stereocenters. The van der Waals surface area contributed by atoms with E-state index < -0.39 is 24.0 Å². The summed E-state index contributed by atoms with van der Waals surface area (Å²) in [4.78, 5) is 10.9. The molecule has 0 aliphatic carbocycles. The summed E-state index contributed by atoms with van der Waals surface area (Å²) in [6.45, 7) is 0.549. The van der Waals surface area contributed by atoms with Crippen LogP contribution >= 0.6 is 0 Å². The Labute approximate surface area is 91.6 Å². The van der Waals surface area contributed by atoms with E-state index in [-0.39, 0.29) is 6.61 Å². The lowest BCUT2D eigenvalue weighted by molar-refractivity contribution is -0.181. The molecule has 0 aromatic heterocycles. The van der Waals surface area contributed by atoms with E-state index in [4.69, 9.17) is 14.6 Å². The highest BCUT2D eigenvalue weighted by molar-refractivity contribution is 5.73. The Morgan fingerprint density at radius 1 is 1.38 bits per heavy atom. The van der Waals surface area contributed by atoms with Gasteiger partial charge in [0.15, 0.2) is 6.10 Å². The molecule has 0 amide bonds. The zero-order chi connectivity index (χ0) is 11.5. The number of benzene rings is 1. The van der Waals surface area contributed by atoms with Gasteiger partial charge in [0.25, 0.3) is 0 Å². The van der Waals surface area contributed by atoms with E-state index in [0.717, 1.165) is 0 Å². The average molecular weight is 226 g/mol. The second-order valence-corrected chi connectivity index (χ2v) is 3.48. The summed E-state index contributed by atoms with van der Waals surface area (Å²) < 4.78 is 23.4. The maximum Gasteiger partial charge on any atom is 0.335 e. The number of hydrogen-bond donors (Lipinski definition) is 1. The summed E-state index contributed by atoms with van der Waals surface area (Å²) in [5.74, 6) is -1.52. The van der Waals surface area contributed by atoms with E-state index in [0.29, 0.717) is 12.2 Å². The molecule has 2 rings (SSSR count). The summed E-state index contributed by atoms with van der Waals surface area (Å²) in [6, 6.07) is 5.69. The van der Waals surface area contributed by atoms with Crippen molar-refractivity contribution in [2.24, 2.45) is 0 Å². The van der Waals surface area contributed by atoms with E-state index in [1.54, 1.807) is 6.07 Å². The number of rotatable bonds is 2. The third kappa shape index (κ3) is 2.20. The van der Waals surface area contributed by atoms with Gasteiger partial charge in [0.2, 0.25) is 0 Å². The van der Waals surface area contributed by atoms with Gasteiger partial charge in [0, 0.05) is 0 Å². The Hall–Kier alpha value is -1.46. The lowest BCUT2D eigenvalue weighted by atomic mass is 10.0. The predicted molar refractivity (Wildman–Crippen MR) is 52.5 cm³/mol. The van der Waals surface area contributed by atoms with Gasteiger partial charge in [0.1, 0.15) is 11.9 Å². The maximum atomic E-state index is 13.0. The fourth-order valence-electron chi connectivity index (χ4n) is 1.68. The van der Waals surface area contributed by atoms with Crippen LogP contribution in [0.25, 0.3) is 0 Å². The SMILES string of the molecule is O=C(O)[C@H]1OCCO[C@H]1c1cccc(F)c1. The van der Waals surface area contributed by atoms with Crippen molar-refractivity contribution in [2.75, 3.05) is 13.2 Å². The summed E-state index contributed by atoms with van der Waals surface area (Å²) in [5, 5.41) is 8.94. The van der Waals surface area contributed by atoms with Gasteiger partial charge in [-0.3, -0.25) is 0 Å². The Kier molecular flexibility index (Phi) is 3.17. The molecule has 1 fully saturated rings. The molecular formula is C11H11FO4. The van der Waals surface area contributed by atoms with Crippen LogP contribution in [0.5, 0.6) is 0 Å². The zero-order valence-electron chi connectivity index (χ0n) is 8.43. The number of aliphatic carboxylic acids is 1. The monoisotopic (exact) mass is 226 g/mol. The van der Waals surface area contributed by atoms with Gasteiger partial charge in [-0.15, -0.1) is 0 Å². The first kappa shape index (κ1) is 11.0. The molecule has 0 radical (unpaired) electrons. The van der Waals surface area contributed by atoms with Crippen LogP contribution < -0.4 is 0 Å². The molecule has 0 saturated carbocycles. The molecule has 4 nitrogen and oxygen atoms in total. The quantitative estimate of drug-likeness (QED) is 0.827. The van der Waals surface area contributed by atoms with Crippen LogP contribution in [0, 0.1) is 5.82 Å². The first-order valence-corrected chi connectivity index (χ1v) is 4.90. The van der Waals surface area contributed by atoms with Crippen LogP contribution in [0.4, 0.5) is 4.39 Å². The van der Waals surface area contributed by atoms with Crippen molar-refractivity contribution in [1.82, 2.24) is 0 Å². The van der Waals surface area contributed by atoms with Crippen LogP contribution in [-0.2, 0) is 14.3 Å². The summed E-state index contributed by atoms with van der Waals surface area (Å²) >= 11 is 0. The van der Waals surface area contributed by atoms with Gasteiger partial charge in [-0.05, 0) is 17.7 Å². The van der Waals surface area contributed by atoms with Crippen LogP contribution in [0.15, 0.2) is 24.3 Å². The number of carboxylic acid groups (broad SMARTS) is 1. The molecule has 0 bridgehead atoms. The minimum Gasteiger partial charge on any atom is -0.479 e. The van der Waals surface area contributed by atoms with E-state index in [2.05, 4.69) is 0 Å². The summed E-state index contributed by atoms with van der Waals surface area (Å²) in [5.41, 5.74) is 0.479. The van der Waals surface area contributed by atoms with Gasteiger partial charge in [0.05, 0.1) is 13.2 Å². The molecule has 86 valence electrons. The van der Waals surface area contributed by atoms with Crippen LogP contribution in [-0.4, -0.2) is 30.4 Å². The van der Waals surface area contributed by atoms with Crippen molar-refractivity contribution >= 4 is 5.97 Å². The Morgan fingerprint density at radius 2 is 2.12 bits per heavy atom.